The number of hydrogen-bond acceptors (Lipinski definition) is 2. The molecule has 0 aliphatic heterocycles. The number of nitrogen functional groups attached to an aromatic ring is 1. The molecule has 1 unspecified atom stereocenters. The lowest BCUT2D eigenvalue weighted by Crippen LogP contribution is -2.07. The lowest BCUT2D eigenvalue weighted by atomic mass is 9.96. The molecule has 0 amide bonds. The van der Waals surface area contributed by atoms with Crippen molar-refractivity contribution < 1.29 is 5.11 Å². The van der Waals surface area contributed by atoms with Crippen LogP contribution in [0.15, 0.2) is 42.5 Å². The zero-order valence-corrected chi connectivity index (χ0v) is 10.9. The van der Waals surface area contributed by atoms with Gasteiger partial charge in [-0.1, -0.05) is 48.0 Å². The highest BCUT2D eigenvalue weighted by Gasteiger charge is 2.13. The van der Waals surface area contributed by atoms with Crippen LogP contribution in [0, 0.1) is 13.8 Å². The Bertz CT molecular complexity index is 534. The van der Waals surface area contributed by atoms with Crippen molar-refractivity contribution >= 4 is 5.69 Å². The van der Waals surface area contributed by atoms with Crippen molar-refractivity contribution in [2.45, 2.75) is 26.4 Å². The monoisotopic (exact) mass is 241 g/mol. The summed E-state index contributed by atoms with van der Waals surface area (Å²) in [6.45, 7) is 3.99. The van der Waals surface area contributed by atoms with Crippen LogP contribution in [0.3, 0.4) is 0 Å². The summed E-state index contributed by atoms with van der Waals surface area (Å²) >= 11 is 0. The number of anilines is 1. The normalized spacial score (nSPS) is 12.4. The first-order valence-corrected chi connectivity index (χ1v) is 6.16. The van der Waals surface area contributed by atoms with Gasteiger partial charge in [-0.15, -0.1) is 0 Å². The fourth-order valence-electron chi connectivity index (χ4n) is 2.23. The van der Waals surface area contributed by atoms with E-state index in [1.165, 1.54) is 0 Å². The molecular weight excluding hydrogens is 222 g/mol. The molecule has 0 saturated carbocycles. The van der Waals surface area contributed by atoms with E-state index in [1.54, 1.807) is 0 Å². The first kappa shape index (κ1) is 12.7. The maximum absolute atomic E-state index is 10.3. The van der Waals surface area contributed by atoms with Crippen molar-refractivity contribution in [3.05, 3.63) is 64.7 Å². The summed E-state index contributed by atoms with van der Waals surface area (Å²) in [4.78, 5) is 0. The van der Waals surface area contributed by atoms with Gasteiger partial charge in [0.1, 0.15) is 0 Å². The van der Waals surface area contributed by atoms with Gasteiger partial charge in [0.25, 0.3) is 0 Å². The molecule has 1 atom stereocenters. The van der Waals surface area contributed by atoms with Crippen molar-refractivity contribution in [1.82, 2.24) is 0 Å². The van der Waals surface area contributed by atoms with Gasteiger partial charge in [-0.3, -0.25) is 0 Å². The molecule has 0 spiro atoms. The van der Waals surface area contributed by atoms with Gasteiger partial charge in [-0.25, -0.2) is 0 Å². The minimum atomic E-state index is -0.550. The zero-order chi connectivity index (χ0) is 13.1. The van der Waals surface area contributed by atoms with E-state index in [9.17, 15) is 5.11 Å². The molecule has 2 rings (SSSR count). The second-order valence-electron chi connectivity index (χ2n) is 4.79. The van der Waals surface area contributed by atoms with E-state index in [-0.39, 0.29) is 0 Å². The first-order chi connectivity index (χ1) is 8.58. The molecule has 94 valence electrons. The smallest absolute Gasteiger partial charge is 0.0850 e. The zero-order valence-electron chi connectivity index (χ0n) is 10.9. The summed E-state index contributed by atoms with van der Waals surface area (Å²) in [5.41, 5.74) is 10.8. The van der Waals surface area contributed by atoms with Gasteiger partial charge >= 0.3 is 0 Å². The standard InChI is InChI=1S/C16H19NO/c1-11-8-12(2)16(17)14(9-11)15(18)10-13-6-4-3-5-7-13/h3-9,15,18H,10,17H2,1-2H3. The average molecular weight is 241 g/mol. The number of benzene rings is 2. The summed E-state index contributed by atoms with van der Waals surface area (Å²) in [5, 5.41) is 10.3. The molecule has 2 aromatic carbocycles. The van der Waals surface area contributed by atoms with Gasteiger partial charge in [0, 0.05) is 17.7 Å². The van der Waals surface area contributed by atoms with Crippen LogP contribution in [0.1, 0.15) is 28.4 Å². The van der Waals surface area contributed by atoms with E-state index in [0.717, 1.165) is 22.3 Å². The first-order valence-electron chi connectivity index (χ1n) is 6.16. The summed E-state index contributed by atoms with van der Waals surface area (Å²) < 4.78 is 0. The fraction of sp³-hybridized carbons (Fsp3) is 0.250. The van der Waals surface area contributed by atoms with Gasteiger partial charge in [0.05, 0.1) is 6.10 Å². The maximum Gasteiger partial charge on any atom is 0.0850 e. The van der Waals surface area contributed by atoms with Gasteiger partial charge in [-0.2, -0.15) is 0 Å². The van der Waals surface area contributed by atoms with E-state index >= 15 is 0 Å². The Morgan fingerprint density at radius 1 is 1.11 bits per heavy atom. The van der Waals surface area contributed by atoms with Crippen molar-refractivity contribution in [2.75, 3.05) is 5.73 Å². The Hall–Kier alpha value is -1.80. The summed E-state index contributed by atoms with van der Waals surface area (Å²) in [6, 6.07) is 14.0. The number of aliphatic hydroxyl groups excluding tert-OH is 1. The molecule has 0 aliphatic carbocycles. The minimum absolute atomic E-state index is 0.550. The number of aryl methyl sites for hydroxylation is 2. The minimum Gasteiger partial charge on any atom is -0.398 e. The number of nitrogens with two attached hydrogens (primary N) is 1. The maximum atomic E-state index is 10.3. The average Bonchev–Trinajstić information content (AvgIpc) is 2.35. The Balaban J connectivity index is 2.26. The van der Waals surface area contributed by atoms with E-state index in [4.69, 9.17) is 5.73 Å². The highest BCUT2D eigenvalue weighted by Crippen LogP contribution is 2.27. The van der Waals surface area contributed by atoms with Crippen LogP contribution >= 0.6 is 0 Å². The molecule has 2 heteroatoms. The molecule has 0 aromatic heterocycles. The lowest BCUT2D eigenvalue weighted by molar-refractivity contribution is 0.179. The Morgan fingerprint density at radius 3 is 2.44 bits per heavy atom. The summed E-state index contributed by atoms with van der Waals surface area (Å²) in [6.07, 6.45) is 0.0412. The molecule has 0 radical (unpaired) electrons. The largest absolute Gasteiger partial charge is 0.398 e. The highest BCUT2D eigenvalue weighted by molar-refractivity contribution is 5.56. The summed E-state index contributed by atoms with van der Waals surface area (Å²) in [7, 11) is 0. The van der Waals surface area contributed by atoms with Crippen molar-refractivity contribution in [3.8, 4) is 0 Å². The third-order valence-electron chi connectivity index (χ3n) is 3.19. The second kappa shape index (κ2) is 5.23. The molecule has 0 aliphatic rings. The predicted molar refractivity (Wildman–Crippen MR) is 75.4 cm³/mol. The van der Waals surface area contributed by atoms with Crippen molar-refractivity contribution in [2.24, 2.45) is 0 Å². The lowest BCUT2D eigenvalue weighted by Gasteiger charge is -2.16. The van der Waals surface area contributed by atoms with E-state index in [2.05, 4.69) is 0 Å². The molecule has 0 fully saturated rings. The quantitative estimate of drug-likeness (QED) is 0.811. The van der Waals surface area contributed by atoms with Crippen LogP contribution in [-0.2, 0) is 6.42 Å². The topological polar surface area (TPSA) is 46.2 Å². The number of aliphatic hydroxyl groups is 1. The number of hydrogen-bond donors (Lipinski definition) is 2. The third-order valence-corrected chi connectivity index (χ3v) is 3.19. The van der Waals surface area contributed by atoms with Crippen molar-refractivity contribution in [1.29, 1.82) is 0 Å². The highest BCUT2D eigenvalue weighted by atomic mass is 16.3. The van der Waals surface area contributed by atoms with Crippen LogP contribution in [-0.4, -0.2) is 5.11 Å². The molecule has 3 N–H and O–H groups in total. The molecular formula is C16H19NO. The van der Waals surface area contributed by atoms with Crippen LogP contribution in [0.2, 0.25) is 0 Å². The Kier molecular flexibility index (Phi) is 3.68. The van der Waals surface area contributed by atoms with Crippen LogP contribution in [0.4, 0.5) is 5.69 Å². The van der Waals surface area contributed by atoms with E-state index in [1.807, 2.05) is 56.3 Å². The predicted octanol–water partition coefficient (Wildman–Crippen LogP) is 3.16. The van der Waals surface area contributed by atoms with Crippen molar-refractivity contribution in [3.63, 3.8) is 0 Å². The van der Waals surface area contributed by atoms with Gasteiger partial charge in [0.15, 0.2) is 0 Å². The van der Waals surface area contributed by atoms with Gasteiger partial charge in [0.2, 0.25) is 0 Å². The molecule has 0 heterocycles. The Morgan fingerprint density at radius 2 is 1.78 bits per heavy atom. The van der Waals surface area contributed by atoms with E-state index < -0.39 is 6.10 Å². The molecule has 2 nitrogen and oxygen atoms in total. The second-order valence-corrected chi connectivity index (χ2v) is 4.79. The molecule has 0 bridgehead atoms. The fourth-order valence-corrected chi connectivity index (χ4v) is 2.23. The van der Waals surface area contributed by atoms with Crippen LogP contribution in [0.5, 0.6) is 0 Å². The summed E-state index contributed by atoms with van der Waals surface area (Å²) in [5.74, 6) is 0. The number of rotatable bonds is 3. The van der Waals surface area contributed by atoms with Crippen LogP contribution < -0.4 is 5.73 Å². The third kappa shape index (κ3) is 2.71. The van der Waals surface area contributed by atoms with E-state index in [0.29, 0.717) is 12.1 Å². The molecule has 0 saturated heterocycles. The van der Waals surface area contributed by atoms with Gasteiger partial charge < -0.3 is 10.8 Å². The SMILES string of the molecule is Cc1cc(C)c(N)c(C(O)Cc2ccccc2)c1. The van der Waals surface area contributed by atoms with Gasteiger partial charge in [-0.05, 0) is 25.0 Å². The molecule has 2 aromatic rings. The Labute approximate surface area is 108 Å². The van der Waals surface area contributed by atoms with Crippen LogP contribution in [0.25, 0.3) is 0 Å². The molecule has 18 heavy (non-hydrogen) atoms.